The van der Waals surface area contributed by atoms with Gasteiger partial charge in [-0.25, -0.2) is 4.79 Å². The largest absolute Gasteiger partial charge is 0.465 e. The first-order valence-corrected chi connectivity index (χ1v) is 10.5. The summed E-state index contributed by atoms with van der Waals surface area (Å²) in [6.07, 6.45) is 3.01. The molecule has 0 saturated heterocycles. The molecule has 0 spiro atoms. The van der Waals surface area contributed by atoms with Crippen molar-refractivity contribution < 1.29 is 9.53 Å². The third-order valence-electron chi connectivity index (χ3n) is 4.96. The van der Waals surface area contributed by atoms with E-state index in [4.69, 9.17) is 17.0 Å². The van der Waals surface area contributed by atoms with Crippen LogP contribution in [0.4, 0.5) is 10.7 Å². The molecule has 1 heterocycles. The molecule has 1 unspecified atom stereocenters. The molecule has 27 heavy (non-hydrogen) atoms. The fraction of sp³-hybridized carbons (Fsp3) is 0.429. The van der Waals surface area contributed by atoms with Gasteiger partial charge in [0.15, 0.2) is 5.11 Å². The second kappa shape index (κ2) is 8.40. The molecule has 1 aliphatic carbocycles. The fourth-order valence-electron chi connectivity index (χ4n) is 3.37. The summed E-state index contributed by atoms with van der Waals surface area (Å²) in [6.45, 7) is 6.59. The van der Waals surface area contributed by atoms with Crippen LogP contribution in [-0.2, 0) is 17.6 Å². The number of fused-ring (bicyclic) bond motifs is 1. The summed E-state index contributed by atoms with van der Waals surface area (Å²) >= 11 is 7.10. The molecule has 3 rings (SSSR count). The topological polar surface area (TPSA) is 50.4 Å². The SMILES string of the molecule is COC(=O)c1c(NC(=S)Nc2ccc(C(C)C)cc2)sc2c1CCC(C)C2. The van der Waals surface area contributed by atoms with E-state index in [1.807, 2.05) is 12.1 Å². The van der Waals surface area contributed by atoms with Crippen molar-refractivity contribution in [1.82, 2.24) is 0 Å². The Labute approximate surface area is 170 Å². The number of hydrogen-bond donors (Lipinski definition) is 2. The zero-order chi connectivity index (χ0) is 19.6. The number of ether oxygens (including phenoxy) is 1. The predicted octanol–water partition coefficient (Wildman–Crippen LogP) is 5.59. The third-order valence-corrected chi connectivity index (χ3v) is 6.34. The molecule has 1 aromatic heterocycles. The average molecular weight is 403 g/mol. The Morgan fingerprint density at radius 1 is 1.26 bits per heavy atom. The predicted molar refractivity (Wildman–Crippen MR) is 117 cm³/mol. The lowest BCUT2D eigenvalue weighted by Gasteiger charge is -2.18. The maximum Gasteiger partial charge on any atom is 0.341 e. The Morgan fingerprint density at radius 3 is 2.59 bits per heavy atom. The summed E-state index contributed by atoms with van der Waals surface area (Å²) in [5.74, 6) is 0.833. The van der Waals surface area contributed by atoms with Crippen molar-refractivity contribution in [3.05, 3.63) is 45.8 Å². The molecule has 1 aromatic carbocycles. The first-order chi connectivity index (χ1) is 12.9. The van der Waals surface area contributed by atoms with Crippen LogP contribution < -0.4 is 10.6 Å². The molecule has 6 heteroatoms. The number of thiophene rings is 1. The van der Waals surface area contributed by atoms with Gasteiger partial charge in [0.1, 0.15) is 5.00 Å². The van der Waals surface area contributed by atoms with Crippen molar-refractivity contribution in [2.24, 2.45) is 5.92 Å². The third kappa shape index (κ3) is 4.50. The highest BCUT2D eigenvalue weighted by Crippen LogP contribution is 2.40. The number of carbonyl (C=O) groups excluding carboxylic acids is 1. The van der Waals surface area contributed by atoms with Crippen molar-refractivity contribution in [2.45, 2.75) is 46.0 Å². The lowest BCUT2D eigenvalue weighted by molar-refractivity contribution is 0.0601. The smallest absolute Gasteiger partial charge is 0.341 e. The van der Waals surface area contributed by atoms with Crippen molar-refractivity contribution in [1.29, 1.82) is 0 Å². The average Bonchev–Trinajstić information content (AvgIpc) is 2.98. The minimum atomic E-state index is -0.298. The van der Waals surface area contributed by atoms with E-state index in [-0.39, 0.29) is 5.97 Å². The van der Waals surface area contributed by atoms with Gasteiger partial charge in [-0.1, -0.05) is 32.9 Å². The number of nitrogens with one attached hydrogen (secondary N) is 2. The van der Waals surface area contributed by atoms with Crippen LogP contribution in [0.3, 0.4) is 0 Å². The van der Waals surface area contributed by atoms with Gasteiger partial charge < -0.3 is 15.4 Å². The number of carbonyl (C=O) groups is 1. The number of methoxy groups -OCH3 is 1. The number of anilines is 2. The van der Waals surface area contributed by atoms with E-state index >= 15 is 0 Å². The number of rotatable bonds is 4. The van der Waals surface area contributed by atoms with Gasteiger partial charge >= 0.3 is 5.97 Å². The maximum atomic E-state index is 12.4. The van der Waals surface area contributed by atoms with Crippen LogP contribution in [0.2, 0.25) is 0 Å². The van der Waals surface area contributed by atoms with E-state index in [1.165, 1.54) is 17.6 Å². The molecule has 0 saturated carbocycles. The van der Waals surface area contributed by atoms with Crippen LogP contribution in [-0.4, -0.2) is 18.2 Å². The first kappa shape index (κ1) is 19.8. The summed E-state index contributed by atoms with van der Waals surface area (Å²) in [6, 6.07) is 8.23. The highest BCUT2D eigenvalue weighted by Gasteiger charge is 2.28. The molecular weight excluding hydrogens is 376 g/mol. The highest BCUT2D eigenvalue weighted by molar-refractivity contribution is 7.80. The molecule has 0 fully saturated rings. The molecule has 4 nitrogen and oxygen atoms in total. The van der Waals surface area contributed by atoms with Crippen LogP contribution in [0.5, 0.6) is 0 Å². The number of esters is 1. The summed E-state index contributed by atoms with van der Waals surface area (Å²) in [7, 11) is 1.43. The van der Waals surface area contributed by atoms with Gasteiger partial charge in [0.25, 0.3) is 0 Å². The van der Waals surface area contributed by atoms with Gasteiger partial charge in [0.05, 0.1) is 12.7 Å². The lowest BCUT2D eigenvalue weighted by atomic mass is 9.88. The van der Waals surface area contributed by atoms with Crippen molar-refractivity contribution >= 4 is 45.3 Å². The molecule has 1 atom stereocenters. The van der Waals surface area contributed by atoms with E-state index in [0.29, 0.717) is 22.5 Å². The minimum absolute atomic E-state index is 0.298. The van der Waals surface area contributed by atoms with Gasteiger partial charge in [0, 0.05) is 10.6 Å². The monoisotopic (exact) mass is 402 g/mol. The van der Waals surface area contributed by atoms with Gasteiger partial charge in [-0.05, 0) is 66.6 Å². The Balaban J connectivity index is 1.78. The van der Waals surface area contributed by atoms with Gasteiger partial charge in [0.2, 0.25) is 0 Å². The van der Waals surface area contributed by atoms with Gasteiger partial charge in [-0.15, -0.1) is 11.3 Å². The molecule has 0 amide bonds. The summed E-state index contributed by atoms with van der Waals surface area (Å²) < 4.78 is 5.03. The van der Waals surface area contributed by atoms with Crippen molar-refractivity contribution in [3.63, 3.8) is 0 Å². The van der Waals surface area contributed by atoms with Crippen molar-refractivity contribution in [2.75, 3.05) is 17.7 Å². The first-order valence-electron chi connectivity index (χ1n) is 9.29. The number of benzene rings is 1. The van der Waals surface area contributed by atoms with Gasteiger partial charge in [-0.2, -0.15) is 0 Å². The zero-order valence-corrected chi connectivity index (χ0v) is 17.9. The number of hydrogen-bond acceptors (Lipinski definition) is 4. The summed E-state index contributed by atoms with van der Waals surface area (Å²) in [5.41, 5.74) is 3.97. The molecule has 144 valence electrons. The standard InChI is InChI=1S/C21H26N2O2S2/c1-12(2)14-6-8-15(9-7-14)22-21(26)23-19-18(20(24)25-4)16-10-5-13(3)11-17(16)27-19/h6-9,12-13H,5,10-11H2,1-4H3,(H2,22,23,26). The molecular formula is C21H26N2O2S2. The fourth-order valence-corrected chi connectivity index (χ4v) is 5.06. The maximum absolute atomic E-state index is 12.4. The quantitative estimate of drug-likeness (QED) is 0.515. The van der Waals surface area contributed by atoms with E-state index in [2.05, 4.69) is 43.5 Å². The highest BCUT2D eigenvalue weighted by atomic mass is 32.1. The lowest BCUT2D eigenvalue weighted by Crippen LogP contribution is -2.20. The van der Waals surface area contributed by atoms with Crippen LogP contribution in [0.1, 0.15) is 59.5 Å². The Hall–Kier alpha value is -1.92. The molecule has 1 aliphatic rings. The Bertz CT molecular complexity index is 841. The van der Waals surface area contributed by atoms with Crippen molar-refractivity contribution in [3.8, 4) is 0 Å². The molecule has 0 bridgehead atoms. The van der Waals surface area contributed by atoms with Crippen LogP contribution in [0, 0.1) is 5.92 Å². The number of thiocarbonyl (C=S) groups is 1. The Kier molecular flexibility index (Phi) is 6.17. The molecule has 2 aromatic rings. The van der Waals surface area contributed by atoms with Gasteiger partial charge in [-0.3, -0.25) is 0 Å². The van der Waals surface area contributed by atoms with E-state index in [0.717, 1.165) is 35.5 Å². The van der Waals surface area contributed by atoms with E-state index in [1.54, 1.807) is 11.3 Å². The minimum Gasteiger partial charge on any atom is -0.465 e. The van der Waals surface area contributed by atoms with E-state index in [9.17, 15) is 4.79 Å². The second-order valence-electron chi connectivity index (χ2n) is 7.40. The second-order valence-corrected chi connectivity index (χ2v) is 8.92. The molecule has 0 aliphatic heterocycles. The van der Waals surface area contributed by atoms with Crippen LogP contribution >= 0.6 is 23.6 Å². The Morgan fingerprint density at radius 2 is 1.96 bits per heavy atom. The summed E-state index contributed by atoms with van der Waals surface area (Å²) in [5, 5.41) is 7.68. The van der Waals surface area contributed by atoms with E-state index < -0.39 is 0 Å². The summed E-state index contributed by atoms with van der Waals surface area (Å²) in [4.78, 5) is 13.6. The normalized spacial score (nSPS) is 16.0. The van der Waals surface area contributed by atoms with Crippen LogP contribution in [0.15, 0.2) is 24.3 Å². The van der Waals surface area contributed by atoms with Crippen LogP contribution in [0.25, 0.3) is 0 Å². The molecule has 2 N–H and O–H groups in total. The molecule has 0 radical (unpaired) electrons. The zero-order valence-electron chi connectivity index (χ0n) is 16.2.